The molecule has 0 saturated carbocycles. The lowest BCUT2D eigenvalue weighted by Gasteiger charge is -2.04. The zero-order chi connectivity index (χ0) is 13.7. The lowest BCUT2D eigenvalue weighted by Crippen LogP contribution is -2.18. The van der Waals surface area contributed by atoms with Gasteiger partial charge in [0.05, 0.1) is 12.3 Å². The molecule has 2 rings (SSSR count). The molecule has 4 nitrogen and oxygen atoms in total. The SMILES string of the molecule is COCCNCc1ccn(-c2cc(Cl)ccc2F)n1. The summed E-state index contributed by atoms with van der Waals surface area (Å²) < 4.78 is 20.1. The normalized spacial score (nSPS) is 10.9. The van der Waals surface area contributed by atoms with Gasteiger partial charge in [0, 0.05) is 31.4 Å². The molecular weight excluding hydrogens is 269 g/mol. The van der Waals surface area contributed by atoms with Crippen molar-refractivity contribution in [2.24, 2.45) is 0 Å². The van der Waals surface area contributed by atoms with Gasteiger partial charge in [-0.3, -0.25) is 0 Å². The van der Waals surface area contributed by atoms with Gasteiger partial charge in [0.2, 0.25) is 0 Å². The van der Waals surface area contributed by atoms with Crippen molar-refractivity contribution in [3.05, 3.63) is 47.0 Å². The summed E-state index contributed by atoms with van der Waals surface area (Å²) in [6.45, 7) is 2.00. The number of ether oxygens (including phenoxy) is 1. The first-order valence-corrected chi connectivity index (χ1v) is 6.28. The van der Waals surface area contributed by atoms with Crippen molar-refractivity contribution in [3.63, 3.8) is 0 Å². The Morgan fingerprint density at radius 3 is 3.05 bits per heavy atom. The third-order valence-electron chi connectivity index (χ3n) is 2.59. The van der Waals surface area contributed by atoms with Crippen LogP contribution < -0.4 is 5.32 Å². The summed E-state index contributed by atoms with van der Waals surface area (Å²) in [7, 11) is 1.65. The van der Waals surface area contributed by atoms with Gasteiger partial charge in [-0.1, -0.05) is 11.6 Å². The molecule has 0 radical (unpaired) electrons. The minimum absolute atomic E-state index is 0.343. The van der Waals surface area contributed by atoms with Gasteiger partial charge in [-0.25, -0.2) is 9.07 Å². The van der Waals surface area contributed by atoms with Crippen molar-refractivity contribution < 1.29 is 9.13 Å². The van der Waals surface area contributed by atoms with Gasteiger partial charge in [-0.15, -0.1) is 0 Å². The Balaban J connectivity index is 2.06. The third-order valence-corrected chi connectivity index (χ3v) is 2.82. The molecule has 1 heterocycles. The first-order chi connectivity index (χ1) is 9.20. The predicted octanol–water partition coefficient (Wildman–Crippen LogP) is 2.40. The van der Waals surface area contributed by atoms with E-state index < -0.39 is 0 Å². The van der Waals surface area contributed by atoms with Crippen molar-refractivity contribution in [1.29, 1.82) is 0 Å². The summed E-state index contributed by atoms with van der Waals surface area (Å²) in [6, 6.07) is 6.22. The van der Waals surface area contributed by atoms with Crippen LogP contribution in [0.3, 0.4) is 0 Å². The highest BCUT2D eigenvalue weighted by atomic mass is 35.5. The highest BCUT2D eigenvalue weighted by molar-refractivity contribution is 6.30. The quantitative estimate of drug-likeness (QED) is 0.828. The Morgan fingerprint density at radius 1 is 1.42 bits per heavy atom. The number of nitrogens with zero attached hydrogens (tertiary/aromatic N) is 2. The van der Waals surface area contributed by atoms with Crippen molar-refractivity contribution in [1.82, 2.24) is 15.1 Å². The van der Waals surface area contributed by atoms with E-state index in [9.17, 15) is 4.39 Å². The Labute approximate surface area is 116 Å². The van der Waals surface area contributed by atoms with E-state index in [0.717, 1.165) is 12.2 Å². The number of benzene rings is 1. The lowest BCUT2D eigenvalue weighted by molar-refractivity contribution is 0.199. The third kappa shape index (κ3) is 3.76. The number of nitrogens with one attached hydrogen (secondary N) is 1. The zero-order valence-electron chi connectivity index (χ0n) is 10.6. The fraction of sp³-hybridized carbons (Fsp3) is 0.308. The molecule has 0 aliphatic carbocycles. The highest BCUT2D eigenvalue weighted by Crippen LogP contribution is 2.18. The van der Waals surface area contributed by atoms with E-state index in [0.29, 0.717) is 23.9 Å². The molecular formula is C13H15ClFN3O. The van der Waals surface area contributed by atoms with E-state index in [1.54, 1.807) is 19.4 Å². The first kappa shape index (κ1) is 14.0. The summed E-state index contributed by atoms with van der Waals surface area (Å²) in [5, 5.41) is 7.95. The van der Waals surface area contributed by atoms with Crippen LogP contribution in [0.1, 0.15) is 5.69 Å². The van der Waals surface area contributed by atoms with E-state index >= 15 is 0 Å². The summed E-state index contributed by atoms with van der Waals surface area (Å²) in [6.07, 6.45) is 1.71. The molecule has 0 aliphatic heterocycles. The van der Waals surface area contributed by atoms with Crippen LogP contribution in [0.4, 0.5) is 4.39 Å². The molecule has 0 aliphatic rings. The molecule has 1 aromatic heterocycles. The Hall–Kier alpha value is -1.43. The minimum atomic E-state index is -0.355. The van der Waals surface area contributed by atoms with Crippen LogP contribution in [0.25, 0.3) is 5.69 Å². The average Bonchev–Trinajstić information content (AvgIpc) is 2.86. The van der Waals surface area contributed by atoms with Gasteiger partial charge in [0.1, 0.15) is 11.5 Å². The second kappa shape index (κ2) is 6.65. The van der Waals surface area contributed by atoms with Crippen LogP contribution in [0.15, 0.2) is 30.5 Å². The monoisotopic (exact) mass is 283 g/mol. The minimum Gasteiger partial charge on any atom is -0.383 e. The van der Waals surface area contributed by atoms with E-state index in [4.69, 9.17) is 16.3 Å². The van der Waals surface area contributed by atoms with Gasteiger partial charge in [-0.05, 0) is 24.3 Å². The number of methoxy groups -OCH3 is 1. The molecule has 1 aromatic carbocycles. The molecule has 0 unspecified atom stereocenters. The number of hydrogen-bond donors (Lipinski definition) is 1. The molecule has 19 heavy (non-hydrogen) atoms. The van der Waals surface area contributed by atoms with Crippen molar-refractivity contribution in [3.8, 4) is 5.69 Å². The Bertz CT molecular complexity index is 544. The van der Waals surface area contributed by atoms with E-state index in [1.165, 1.54) is 16.8 Å². The fourth-order valence-corrected chi connectivity index (χ4v) is 1.81. The van der Waals surface area contributed by atoms with Crippen molar-refractivity contribution >= 4 is 11.6 Å². The van der Waals surface area contributed by atoms with Gasteiger partial charge >= 0.3 is 0 Å². The second-order valence-corrected chi connectivity index (χ2v) is 4.45. The van der Waals surface area contributed by atoms with E-state index in [2.05, 4.69) is 10.4 Å². The highest BCUT2D eigenvalue weighted by Gasteiger charge is 2.07. The largest absolute Gasteiger partial charge is 0.383 e. The lowest BCUT2D eigenvalue weighted by atomic mass is 10.3. The van der Waals surface area contributed by atoms with E-state index in [1.807, 2.05) is 6.07 Å². The molecule has 0 bridgehead atoms. The number of aromatic nitrogens is 2. The molecule has 0 atom stereocenters. The number of rotatable bonds is 6. The van der Waals surface area contributed by atoms with E-state index in [-0.39, 0.29) is 5.82 Å². The van der Waals surface area contributed by atoms with Crippen LogP contribution in [0.2, 0.25) is 5.02 Å². The smallest absolute Gasteiger partial charge is 0.148 e. The van der Waals surface area contributed by atoms with Crippen LogP contribution in [0, 0.1) is 5.82 Å². The van der Waals surface area contributed by atoms with Crippen LogP contribution in [-0.2, 0) is 11.3 Å². The van der Waals surface area contributed by atoms with Crippen LogP contribution >= 0.6 is 11.6 Å². The maximum absolute atomic E-state index is 13.7. The molecule has 0 spiro atoms. The summed E-state index contributed by atoms with van der Waals surface area (Å²) in [4.78, 5) is 0. The maximum atomic E-state index is 13.7. The standard InChI is InChI=1S/C13H15ClFN3O/c1-19-7-5-16-9-11-4-6-18(17-11)13-8-10(14)2-3-12(13)15/h2-4,6,8,16H,5,7,9H2,1H3. The zero-order valence-corrected chi connectivity index (χ0v) is 11.3. The maximum Gasteiger partial charge on any atom is 0.148 e. The van der Waals surface area contributed by atoms with Gasteiger partial charge in [0.25, 0.3) is 0 Å². The first-order valence-electron chi connectivity index (χ1n) is 5.90. The average molecular weight is 284 g/mol. The molecule has 1 N–H and O–H groups in total. The summed E-state index contributed by atoms with van der Waals surface area (Å²) in [5.74, 6) is -0.355. The summed E-state index contributed by atoms with van der Waals surface area (Å²) in [5.41, 5.74) is 1.17. The molecule has 2 aromatic rings. The second-order valence-electron chi connectivity index (χ2n) is 4.02. The van der Waals surface area contributed by atoms with Crippen LogP contribution in [0.5, 0.6) is 0 Å². The number of hydrogen-bond acceptors (Lipinski definition) is 3. The molecule has 102 valence electrons. The number of halogens is 2. The van der Waals surface area contributed by atoms with Gasteiger partial charge < -0.3 is 10.1 Å². The van der Waals surface area contributed by atoms with Gasteiger partial charge in [0.15, 0.2) is 0 Å². The predicted molar refractivity (Wildman–Crippen MR) is 72.1 cm³/mol. The Kier molecular flexibility index (Phi) is 4.90. The van der Waals surface area contributed by atoms with Gasteiger partial charge in [-0.2, -0.15) is 5.10 Å². The molecule has 0 saturated heterocycles. The summed E-state index contributed by atoms with van der Waals surface area (Å²) >= 11 is 5.86. The topological polar surface area (TPSA) is 39.1 Å². The fourth-order valence-electron chi connectivity index (χ4n) is 1.64. The van der Waals surface area contributed by atoms with Crippen LogP contribution in [-0.4, -0.2) is 30.0 Å². The molecule has 0 fully saturated rings. The molecule has 0 amide bonds. The van der Waals surface area contributed by atoms with Crippen molar-refractivity contribution in [2.45, 2.75) is 6.54 Å². The Morgan fingerprint density at radius 2 is 2.26 bits per heavy atom. The molecule has 6 heteroatoms. The van der Waals surface area contributed by atoms with Crippen molar-refractivity contribution in [2.75, 3.05) is 20.3 Å².